The molecular weight excluding hydrogens is 1960 g/mol. The number of aliphatic carboxylic acids is 2. The number of alkyl carbamates (subject to hydrolysis) is 2. The standard InChI is InChI=1S/C15H18FN5O2S.C12H16N2O3.C12H15NO4.C11H11BrFN3O.C8H7ClO2.C7H2BrF2N.2C4H10N2O.C4H6N2S.C4H9NO2.CH4.CH3.Pd.H2/c1-3-10(15(18)23)19-12-6-11(8(14(17)22)5-9(12)16)20-13-4-7(2)21-24-13;1-2-10(11(13)15)14-12(16)17-8-9-6-4-3-5-7-9;1-2-10(11(14)15)13-12(16)17-8-9-6-4-3-5-7-9;1-2-9(11(15)17)16-10-4-7(12)6(5-14)3-8(10)13;9-8(10)11-6-7-4-2-1-3-5-7;8-5-2-7(10)6(9)1-4(5)3-11;2*1-2-3(5)4(6)7;1-3-2-4(5)7-6-3;1-2-3(5)4(6)7;;;;/h4-6,10,19-20H,3H2,1-2H3,(H2,17,22)(H2,18,23);3-7,10H,2,8H2,1H3,(H2,13,15)(H,14,16);3-7,10H,2,8H2,1H3,(H,13,16)(H,14,15);3-4,9,16H,2H2,1H3,(H2,15,17);1-5H,6H2;1-2H;2*3H,2,5H2,1H3,(H2,6,7);2H,5H2,1H3;3H,2,5H2,1H3,(H,6,7);1H4;1H3;;1H/q;;;;;;;;;;;-1;;. The Morgan fingerprint density at radius 1 is 0.477 bits per heavy atom. The first-order valence-electron chi connectivity index (χ1n) is 37.3. The number of aromatic nitrogens is 2. The number of amides is 8. The number of nitriles is 2. The van der Waals surface area contributed by atoms with Crippen LogP contribution in [0.25, 0.3) is 0 Å². The SMILES string of the molecule is C.CCC(N)C(=O)O.CCC(N)C(N)=O.CCC(N)C(N)=O.CCC(NC(=O)OCc1ccccc1)C(=O)O.CCC(NC(=O)OCc1ccccc1)C(N)=O.CCC(Nc1cc(Br)c(C#N)cc1F)C(N)=O.CCC(Nc1cc(Nc2cc(C)ns2)c(C(N)=O)cc1F)C(N)=O.Cc1cc(N)sn1.N#Cc1cc(F)c(F)cc1Br.O=C(Cl)OCc1ccccc1.[CH3-].[HH].[Pd]. The Morgan fingerprint density at radius 2 is 0.828 bits per heavy atom. The second-order valence-corrected chi connectivity index (χ2v) is 28.8. The summed E-state index contributed by atoms with van der Waals surface area (Å²) in [4.78, 5) is 118. The van der Waals surface area contributed by atoms with E-state index in [1.807, 2.05) is 131 Å². The maximum Gasteiger partial charge on any atom is 0.408 e. The van der Waals surface area contributed by atoms with E-state index in [-0.39, 0.29) is 89.1 Å². The van der Waals surface area contributed by atoms with Crippen LogP contribution in [0.15, 0.2) is 148 Å². The number of nitrogen functional groups attached to an aromatic ring is 1. The van der Waals surface area contributed by atoms with E-state index in [2.05, 4.69) is 71.9 Å². The van der Waals surface area contributed by atoms with Gasteiger partial charge in [-0.1, -0.05) is 147 Å². The van der Waals surface area contributed by atoms with Gasteiger partial charge in [0.25, 0.3) is 5.91 Å². The van der Waals surface area contributed by atoms with Crippen LogP contribution in [0.1, 0.15) is 152 Å². The maximum absolute atomic E-state index is 14.2. The smallest absolute Gasteiger partial charge is 0.408 e. The number of halogens is 7. The Kier molecular flexibility index (Phi) is 68.3. The van der Waals surface area contributed by atoms with Crippen LogP contribution in [0.4, 0.5) is 59.0 Å². The predicted octanol–water partition coefficient (Wildman–Crippen LogP) is 12.9. The molecule has 0 radical (unpaired) electrons. The summed E-state index contributed by atoms with van der Waals surface area (Å²) in [5.41, 5.74) is 55.5. The molecular formula is C83H113Br2ClF4N19O16PdS2-. The molecule has 2 heterocycles. The predicted molar refractivity (Wildman–Crippen MR) is 491 cm³/mol. The van der Waals surface area contributed by atoms with Crippen LogP contribution in [-0.2, 0) is 88.0 Å². The van der Waals surface area contributed by atoms with Gasteiger partial charge >= 0.3 is 29.6 Å². The molecule has 0 saturated heterocycles. The molecule has 7 unspecified atom stereocenters. The molecule has 2 aromatic heterocycles. The number of anilines is 5. The van der Waals surface area contributed by atoms with Crippen LogP contribution in [0, 0.1) is 67.2 Å². The van der Waals surface area contributed by atoms with Crippen LogP contribution in [-0.4, -0.2) is 126 Å². The Hall–Kier alpha value is -12.0. The van der Waals surface area contributed by atoms with Crippen molar-refractivity contribution in [3.63, 3.8) is 0 Å². The van der Waals surface area contributed by atoms with Gasteiger partial charge in [0.05, 0.1) is 57.2 Å². The van der Waals surface area contributed by atoms with Gasteiger partial charge in [-0.05, 0) is 179 Å². The summed E-state index contributed by atoms with van der Waals surface area (Å²) >= 11 is 13.6. The fourth-order valence-corrected chi connectivity index (χ4v) is 10.3. The number of hydrogen-bond donors (Lipinski definition) is 17. The molecule has 6 aromatic carbocycles. The zero-order valence-electron chi connectivity index (χ0n) is 70.8. The van der Waals surface area contributed by atoms with Crippen LogP contribution in [0.5, 0.6) is 0 Å². The number of nitrogens with zero attached hydrogens (tertiary/aromatic N) is 4. The number of carboxylic acid groups (broad SMARTS) is 2. The van der Waals surface area contributed by atoms with Crippen molar-refractivity contribution >= 4 is 159 Å². The number of nitrogens with one attached hydrogen (secondary N) is 5. The maximum atomic E-state index is 14.2. The Labute approximate surface area is 785 Å². The molecule has 0 saturated carbocycles. The van der Waals surface area contributed by atoms with Gasteiger partial charge in [-0.15, -0.1) is 0 Å². The molecule has 7 atom stereocenters. The minimum absolute atomic E-state index is 0. The molecule has 45 heteroatoms. The molecule has 8 aromatic rings. The summed E-state index contributed by atoms with van der Waals surface area (Å²) in [6.07, 6.45) is 1.98. The van der Waals surface area contributed by atoms with Crippen LogP contribution >= 0.6 is 66.5 Å². The van der Waals surface area contributed by atoms with Crippen molar-refractivity contribution in [2.24, 2.45) is 51.6 Å². The van der Waals surface area contributed by atoms with E-state index in [4.69, 9.17) is 99.1 Å². The molecule has 0 aliphatic rings. The van der Waals surface area contributed by atoms with Gasteiger partial charge in [-0.3, -0.25) is 33.6 Å². The summed E-state index contributed by atoms with van der Waals surface area (Å²) in [7, 11) is 0. The average molecular weight is 2070 g/mol. The number of carbonyl (C=O) groups is 11. The van der Waals surface area contributed by atoms with Crippen molar-refractivity contribution in [1.29, 1.82) is 10.5 Å². The first-order chi connectivity index (χ1) is 58.8. The Bertz CT molecular complexity index is 4680. The van der Waals surface area contributed by atoms with Crippen molar-refractivity contribution in [2.45, 2.75) is 177 Å². The zero-order valence-corrected chi connectivity index (χ0v) is 78.0. The van der Waals surface area contributed by atoms with Crippen LogP contribution in [0.3, 0.4) is 0 Å². The molecule has 0 aliphatic carbocycles. The topological polar surface area (TPSA) is 650 Å². The number of carboxylic acids is 2. The van der Waals surface area contributed by atoms with Gasteiger partial charge in [-0.25, -0.2) is 36.7 Å². The van der Waals surface area contributed by atoms with Gasteiger partial charge < -0.3 is 116 Å². The van der Waals surface area contributed by atoms with Crippen LogP contribution in [0.2, 0.25) is 0 Å². The van der Waals surface area contributed by atoms with Gasteiger partial charge in [-0.2, -0.15) is 19.3 Å². The van der Waals surface area contributed by atoms with E-state index in [0.29, 0.717) is 60.1 Å². The largest absolute Gasteiger partial charge is 0.480 e. The Morgan fingerprint density at radius 3 is 1.12 bits per heavy atom. The summed E-state index contributed by atoms with van der Waals surface area (Å²) in [5, 5.41) is 48.4. The molecule has 27 N–H and O–H groups in total. The Balaban J connectivity index is -0.000000334. The number of carbonyl (C=O) groups excluding carboxylic acids is 9. The number of aryl methyl sites for hydroxylation is 2. The molecule has 128 heavy (non-hydrogen) atoms. The first kappa shape index (κ1) is 125. The molecule has 0 spiro atoms. The molecule has 0 aliphatic heterocycles. The second-order valence-electron chi connectivity index (χ2n) is 25.1. The molecule has 0 bridgehead atoms. The number of rotatable bonds is 29. The van der Waals surface area contributed by atoms with Gasteiger partial charge in [0.1, 0.15) is 83.8 Å². The minimum Gasteiger partial charge on any atom is -0.480 e. The summed E-state index contributed by atoms with van der Waals surface area (Å²) < 4.78 is 75.8. The number of benzene rings is 6. The van der Waals surface area contributed by atoms with Crippen molar-refractivity contribution in [2.75, 3.05) is 21.7 Å². The van der Waals surface area contributed by atoms with Gasteiger partial charge in [0, 0.05) is 42.4 Å². The van der Waals surface area contributed by atoms with Crippen LogP contribution < -0.4 is 83.9 Å². The normalized spacial score (nSPS) is 11.1. The summed E-state index contributed by atoms with van der Waals surface area (Å²) in [6.45, 7) is 16.6. The number of ether oxygens (including phenoxy) is 3. The fraction of sp³-hybridized carbons (Fsp3) is 0.325. The molecule has 35 nitrogen and oxygen atoms in total. The third kappa shape index (κ3) is 54.8. The summed E-state index contributed by atoms with van der Waals surface area (Å²) in [5.74, 6) is -8.59. The third-order valence-corrected chi connectivity index (χ3v) is 18.3. The second kappa shape index (κ2) is 70.2. The van der Waals surface area contributed by atoms with E-state index in [0.717, 1.165) is 57.3 Å². The van der Waals surface area contributed by atoms with E-state index in [1.54, 1.807) is 46.8 Å². The zero-order chi connectivity index (χ0) is 95.6. The average Bonchev–Trinajstić information content (AvgIpc) is 1.69. The first-order valence-corrected chi connectivity index (χ1v) is 40.8. The van der Waals surface area contributed by atoms with Crippen molar-refractivity contribution in [1.82, 2.24) is 19.4 Å². The fourth-order valence-electron chi connectivity index (χ4n) is 8.22. The quantitative estimate of drug-likeness (QED) is 0.00517. The number of primary amides is 6. The van der Waals surface area contributed by atoms with Crippen molar-refractivity contribution in [3.8, 4) is 12.1 Å². The molecule has 708 valence electrons. The monoisotopic (exact) mass is 2070 g/mol. The number of nitrogens with two attached hydrogens (primary N) is 10. The molecule has 8 amide bonds. The van der Waals surface area contributed by atoms with E-state index >= 15 is 0 Å². The van der Waals surface area contributed by atoms with E-state index < -0.39 is 131 Å². The summed E-state index contributed by atoms with van der Waals surface area (Å²) in [6, 6.07) is 37.2. The van der Waals surface area contributed by atoms with Gasteiger partial charge in [0.2, 0.25) is 29.5 Å². The third-order valence-electron chi connectivity index (χ3n) is 15.4. The minimum atomic E-state index is -1.07. The van der Waals surface area contributed by atoms with Crippen molar-refractivity contribution in [3.05, 3.63) is 224 Å². The molecule has 8 rings (SSSR count). The van der Waals surface area contributed by atoms with E-state index in [1.165, 1.54) is 35.2 Å². The van der Waals surface area contributed by atoms with Crippen molar-refractivity contribution < 1.29 is 117 Å². The van der Waals surface area contributed by atoms with E-state index in [9.17, 15) is 70.3 Å². The number of hydrogen-bond acceptors (Lipinski definition) is 27. The van der Waals surface area contributed by atoms with Gasteiger partial charge in [0.15, 0.2) is 11.6 Å². The molecule has 0 fully saturated rings.